The number of nitrogens with zero attached hydrogens (tertiary/aromatic N) is 1. The van der Waals surface area contributed by atoms with Gasteiger partial charge in [-0.2, -0.15) is 4.31 Å². The Hall–Kier alpha value is -1.92. The van der Waals surface area contributed by atoms with Crippen molar-refractivity contribution < 1.29 is 17.9 Å². The maximum atomic E-state index is 12.7. The highest BCUT2D eigenvalue weighted by Gasteiger charge is 2.36. The number of hydrogen-bond acceptors (Lipinski definition) is 4. The van der Waals surface area contributed by atoms with E-state index in [1.54, 1.807) is 42.6 Å². The van der Waals surface area contributed by atoms with E-state index in [0.717, 1.165) is 38.5 Å². The van der Waals surface area contributed by atoms with Gasteiger partial charge in [-0.15, -0.1) is 0 Å². The molecule has 1 aromatic carbocycles. The standard InChI is InChI=1S/C16H25NO3S.C12H18O/c1-4-16(5-2)10-12-17(13-11-16)21(18,19)15-8-6-14(20-3)7-9-15;1-9-7-5-6-8-11(9)12(3,4)10(2)13/h6-9H,4-5,10-13H2,1-3H3;7-8H,5-6H2,1-4H3. The van der Waals surface area contributed by atoms with Gasteiger partial charge in [-0.1, -0.05) is 44.4 Å². The molecule has 2 aliphatic rings. The predicted molar refractivity (Wildman–Crippen MR) is 140 cm³/mol. The first kappa shape index (κ1) is 28.3. The van der Waals surface area contributed by atoms with E-state index in [1.165, 1.54) is 11.1 Å². The van der Waals surface area contributed by atoms with Gasteiger partial charge in [0.25, 0.3) is 0 Å². The number of piperidine rings is 1. The van der Waals surface area contributed by atoms with Gasteiger partial charge in [-0.25, -0.2) is 8.42 Å². The molecule has 6 heteroatoms. The van der Waals surface area contributed by atoms with Crippen LogP contribution < -0.4 is 4.74 Å². The highest BCUT2D eigenvalue weighted by molar-refractivity contribution is 7.89. The maximum Gasteiger partial charge on any atom is 0.243 e. The molecule has 0 spiro atoms. The van der Waals surface area contributed by atoms with Crippen molar-refractivity contribution in [2.75, 3.05) is 20.2 Å². The highest BCUT2D eigenvalue weighted by atomic mass is 32.2. The number of ether oxygens (including phenoxy) is 1. The molecule has 0 N–H and O–H groups in total. The van der Waals surface area contributed by atoms with Crippen molar-refractivity contribution in [2.45, 2.75) is 85.0 Å². The van der Waals surface area contributed by atoms with Crippen molar-refractivity contribution >= 4 is 15.8 Å². The molecule has 0 aromatic heterocycles. The number of carbonyl (C=O) groups is 1. The maximum absolute atomic E-state index is 12.7. The number of sulfonamides is 1. The Morgan fingerprint density at radius 3 is 2.00 bits per heavy atom. The summed E-state index contributed by atoms with van der Waals surface area (Å²) >= 11 is 0. The quantitative estimate of drug-likeness (QED) is 0.435. The Balaban J connectivity index is 0.000000270. The van der Waals surface area contributed by atoms with Gasteiger partial charge in [-0.3, -0.25) is 4.79 Å². The second-order valence-electron chi connectivity index (χ2n) is 10.1. The number of ketones is 1. The van der Waals surface area contributed by atoms with Crippen LogP contribution in [0.25, 0.3) is 0 Å². The van der Waals surface area contributed by atoms with Gasteiger partial charge in [0.1, 0.15) is 11.5 Å². The summed E-state index contributed by atoms with van der Waals surface area (Å²) in [5.74, 6) is 0.914. The zero-order chi connectivity index (χ0) is 25.6. The average molecular weight is 490 g/mol. The Bertz CT molecular complexity index is 989. The van der Waals surface area contributed by atoms with E-state index < -0.39 is 10.0 Å². The first-order valence-corrected chi connectivity index (χ1v) is 13.9. The van der Waals surface area contributed by atoms with E-state index in [0.29, 0.717) is 29.1 Å². The lowest BCUT2D eigenvalue weighted by Gasteiger charge is -2.40. The summed E-state index contributed by atoms with van der Waals surface area (Å²) in [5, 5.41) is 0. The predicted octanol–water partition coefficient (Wildman–Crippen LogP) is 6.55. The van der Waals surface area contributed by atoms with Crippen molar-refractivity contribution in [2.24, 2.45) is 10.8 Å². The Morgan fingerprint density at radius 2 is 1.56 bits per heavy atom. The van der Waals surface area contributed by atoms with Gasteiger partial charge >= 0.3 is 0 Å². The van der Waals surface area contributed by atoms with Crippen LogP contribution in [0.15, 0.2) is 52.5 Å². The summed E-state index contributed by atoms with van der Waals surface area (Å²) in [6.07, 6.45) is 10.8. The molecule has 1 aromatic rings. The minimum absolute atomic E-state index is 0.244. The van der Waals surface area contributed by atoms with Crippen LogP contribution in [-0.4, -0.2) is 38.7 Å². The molecule has 0 amide bonds. The molecule has 1 aliphatic carbocycles. The first-order valence-electron chi connectivity index (χ1n) is 12.5. The van der Waals surface area contributed by atoms with Crippen LogP contribution in [0.1, 0.15) is 80.1 Å². The fourth-order valence-electron chi connectivity index (χ4n) is 4.79. The Morgan fingerprint density at radius 1 is 1.03 bits per heavy atom. The number of rotatable bonds is 7. The topological polar surface area (TPSA) is 63.7 Å². The van der Waals surface area contributed by atoms with Crippen molar-refractivity contribution in [1.29, 1.82) is 0 Å². The Kier molecular flexibility index (Phi) is 9.72. The SMILES string of the molecule is CC(=O)C(C)(C)C1=CCCC=C1C.CCC1(CC)CCN(S(=O)(=O)c2ccc(OC)cc2)CC1. The van der Waals surface area contributed by atoms with Crippen LogP contribution >= 0.6 is 0 Å². The summed E-state index contributed by atoms with van der Waals surface area (Å²) < 4.78 is 32.0. The van der Waals surface area contributed by atoms with Crippen LogP contribution in [0, 0.1) is 10.8 Å². The van der Waals surface area contributed by atoms with Gasteiger partial charge in [0, 0.05) is 18.5 Å². The third-order valence-electron chi connectivity index (χ3n) is 7.92. The molecule has 190 valence electrons. The van der Waals surface area contributed by atoms with Crippen LogP contribution in [0.3, 0.4) is 0 Å². The van der Waals surface area contributed by atoms with E-state index in [2.05, 4.69) is 32.9 Å². The molecule has 0 atom stereocenters. The number of carbonyl (C=O) groups excluding carboxylic acids is 1. The molecule has 0 saturated carbocycles. The molecule has 1 saturated heterocycles. The fraction of sp³-hybridized carbons (Fsp3) is 0.607. The third-order valence-corrected chi connectivity index (χ3v) is 9.84. The van der Waals surface area contributed by atoms with Crippen molar-refractivity contribution in [3.63, 3.8) is 0 Å². The van der Waals surface area contributed by atoms with Gasteiger partial charge < -0.3 is 4.74 Å². The molecular weight excluding hydrogens is 446 g/mol. The second kappa shape index (κ2) is 11.7. The van der Waals surface area contributed by atoms with Crippen LogP contribution in [0.4, 0.5) is 0 Å². The molecule has 0 bridgehead atoms. The molecule has 1 heterocycles. The molecule has 1 fully saturated rings. The van der Waals surface area contributed by atoms with Crippen LogP contribution in [-0.2, 0) is 14.8 Å². The molecule has 5 nitrogen and oxygen atoms in total. The van der Waals surface area contributed by atoms with Gasteiger partial charge in [0.05, 0.1) is 12.0 Å². The van der Waals surface area contributed by atoms with Crippen molar-refractivity contribution in [3.8, 4) is 5.75 Å². The van der Waals surface area contributed by atoms with E-state index in [9.17, 15) is 13.2 Å². The van der Waals surface area contributed by atoms with E-state index >= 15 is 0 Å². The number of Topliss-reactive ketones (excluding diaryl/α,β-unsaturated/α-hetero) is 1. The minimum atomic E-state index is -3.38. The number of allylic oxidation sites excluding steroid dienone is 4. The van der Waals surface area contributed by atoms with E-state index in [-0.39, 0.29) is 11.2 Å². The third kappa shape index (κ3) is 6.39. The summed E-state index contributed by atoms with van der Waals surface area (Å²) in [4.78, 5) is 11.8. The lowest BCUT2D eigenvalue weighted by molar-refractivity contribution is -0.123. The summed E-state index contributed by atoms with van der Waals surface area (Å²) in [7, 11) is -1.80. The Labute approximate surface area is 207 Å². The van der Waals surface area contributed by atoms with Crippen molar-refractivity contribution in [3.05, 3.63) is 47.6 Å². The molecule has 0 unspecified atom stereocenters. The second-order valence-corrected chi connectivity index (χ2v) is 12.0. The van der Waals surface area contributed by atoms with Gasteiger partial charge in [0.15, 0.2) is 0 Å². The monoisotopic (exact) mass is 489 g/mol. The zero-order valence-corrected chi connectivity index (χ0v) is 22.9. The molecular formula is C28H43NO4S. The highest BCUT2D eigenvalue weighted by Crippen LogP contribution is 2.39. The summed E-state index contributed by atoms with van der Waals surface area (Å²) in [5.41, 5.74) is 2.50. The normalized spacial score (nSPS) is 18.8. The number of methoxy groups -OCH3 is 1. The number of benzene rings is 1. The number of hydrogen-bond donors (Lipinski definition) is 0. The van der Waals surface area contributed by atoms with Gasteiger partial charge in [0.2, 0.25) is 10.0 Å². The van der Waals surface area contributed by atoms with Crippen molar-refractivity contribution in [1.82, 2.24) is 4.31 Å². The molecule has 3 rings (SSSR count). The largest absolute Gasteiger partial charge is 0.497 e. The van der Waals surface area contributed by atoms with Crippen LogP contribution in [0.5, 0.6) is 5.75 Å². The minimum Gasteiger partial charge on any atom is -0.497 e. The molecule has 34 heavy (non-hydrogen) atoms. The summed E-state index contributed by atoms with van der Waals surface area (Å²) in [6.45, 7) is 13.4. The average Bonchev–Trinajstić information content (AvgIpc) is 2.84. The smallest absolute Gasteiger partial charge is 0.243 e. The van der Waals surface area contributed by atoms with Crippen LogP contribution in [0.2, 0.25) is 0 Å². The van der Waals surface area contributed by atoms with E-state index in [4.69, 9.17) is 4.74 Å². The summed E-state index contributed by atoms with van der Waals surface area (Å²) in [6, 6.07) is 6.63. The first-order chi connectivity index (χ1) is 15.9. The lowest BCUT2D eigenvalue weighted by atomic mass is 9.75. The fourth-order valence-corrected chi connectivity index (χ4v) is 6.23. The molecule has 0 radical (unpaired) electrons. The lowest BCUT2D eigenvalue weighted by Crippen LogP contribution is -2.42. The molecule has 1 aliphatic heterocycles. The zero-order valence-electron chi connectivity index (χ0n) is 22.1. The van der Waals surface area contributed by atoms with E-state index in [1.807, 2.05) is 13.8 Å². The van der Waals surface area contributed by atoms with Gasteiger partial charge in [-0.05, 0) is 88.6 Å².